The van der Waals surface area contributed by atoms with Crippen LogP contribution in [0.3, 0.4) is 0 Å². The van der Waals surface area contributed by atoms with Crippen LogP contribution in [0.4, 0.5) is 0 Å². The number of aliphatic hydroxyl groups is 3. The van der Waals surface area contributed by atoms with Crippen molar-refractivity contribution in [2.24, 2.45) is 5.92 Å². The Kier molecular flexibility index (Phi) is 35.1. The van der Waals surface area contributed by atoms with Gasteiger partial charge >= 0.3 is 17.9 Å². The minimum atomic E-state index is -1.57. The van der Waals surface area contributed by atoms with Gasteiger partial charge in [-0.25, -0.2) is 4.79 Å². The number of unbranched alkanes of at least 4 members (excludes halogenated alkanes) is 24. The predicted molar refractivity (Wildman–Crippen MR) is 264 cm³/mol. The van der Waals surface area contributed by atoms with Gasteiger partial charge in [-0.2, -0.15) is 0 Å². The van der Waals surface area contributed by atoms with Crippen LogP contribution in [0, 0.1) is 5.92 Å². The van der Waals surface area contributed by atoms with E-state index >= 15 is 0 Å². The van der Waals surface area contributed by atoms with Gasteiger partial charge in [-0.15, -0.1) is 0 Å². The van der Waals surface area contributed by atoms with Crippen LogP contribution in [0.1, 0.15) is 210 Å². The third kappa shape index (κ3) is 27.1. The third-order valence-electron chi connectivity index (χ3n) is 12.9. The highest BCUT2D eigenvalue weighted by molar-refractivity contribution is 5.92. The summed E-state index contributed by atoms with van der Waals surface area (Å²) in [5.41, 5.74) is 0.333. The number of hydrogen-bond donors (Lipinski definition) is 6. The molecule has 68 heavy (non-hydrogen) atoms. The molecule has 1 amide bonds. The zero-order valence-corrected chi connectivity index (χ0v) is 41.8. The van der Waals surface area contributed by atoms with Crippen LogP contribution < -0.4 is 5.32 Å². The van der Waals surface area contributed by atoms with E-state index in [9.17, 15) is 44.7 Å². The maximum Gasteiger partial charge on any atom is 0.338 e. The van der Waals surface area contributed by atoms with E-state index in [-0.39, 0.29) is 44.8 Å². The minimum Gasteiger partial charge on any atom is -0.481 e. The number of carboxylic acids is 2. The molecule has 14 nitrogen and oxygen atoms in total. The summed E-state index contributed by atoms with van der Waals surface area (Å²) in [6, 6.07) is 7.65. The van der Waals surface area contributed by atoms with Crippen molar-refractivity contribution >= 4 is 23.8 Å². The molecular formula is C54H91NO13. The summed E-state index contributed by atoms with van der Waals surface area (Å²) in [4.78, 5) is 50.0. The Morgan fingerprint density at radius 1 is 0.662 bits per heavy atom. The Morgan fingerprint density at radius 3 is 1.69 bits per heavy atom. The number of ether oxygens (including phenoxy) is 4. The van der Waals surface area contributed by atoms with E-state index in [1.54, 1.807) is 36.4 Å². The first-order chi connectivity index (χ1) is 33.0. The van der Waals surface area contributed by atoms with Crippen molar-refractivity contribution < 1.29 is 63.7 Å². The van der Waals surface area contributed by atoms with Gasteiger partial charge in [0.15, 0.2) is 12.2 Å². The number of amides is 1. The number of carbonyl (C=O) groups is 4. The van der Waals surface area contributed by atoms with E-state index in [1.165, 1.54) is 109 Å². The molecular weight excluding hydrogens is 871 g/mol. The summed E-state index contributed by atoms with van der Waals surface area (Å²) in [7, 11) is 0. The molecule has 1 aliphatic heterocycles. The molecule has 0 radical (unpaired) electrons. The summed E-state index contributed by atoms with van der Waals surface area (Å²) < 4.78 is 24.2. The second-order valence-electron chi connectivity index (χ2n) is 18.8. The van der Waals surface area contributed by atoms with Crippen LogP contribution in [0.5, 0.6) is 0 Å². The predicted octanol–water partition coefficient (Wildman–Crippen LogP) is 10.2. The van der Waals surface area contributed by atoms with Gasteiger partial charge in [-0.05, 0) is 56.7 Å². The Hall–Kier alpha value is -3.40. The molecule has 1 aromatic carbocycles. The van der Waals surface area contributed by atoms with E-state index in [2.05, 4.69) is 19.2 Å². The van der Waals surface area contributed by atoms with Crippen LogP contribution in [0.25, 0.3) is 0 Å². The average molecular weight is 962 g/mol. The lowest BCUT2D eigenvalue weighted by Crippen LogP contribution is -2.61. The first kappa shape index (κ1) is 60.7. The maximum absolute atomic E-state index is 13.7. The molecule has 0 unspecified atom stereocenters. The molecule has 390 valence electrons. The molecule has 2 rings (SSSR count). The van der Waals surface area contributed by atoms with Gasteiger partial charge in [0.25, 0.3) is 0 Å². The van der Waals surface area contributed by atoms with Crippen molar-refractivity contribution in [3.8, 4) is 0 Å². The number of carboxylic acid groups (broad SMARTS) is 2. The van der Waals surface area contributed by atoms with Gasteiger partial charge in [0.2, 0.25) is 5.91 Å². The van der Waals surface area contributed by atoms with Crippen LogP contribution in [-0.2, 0) is 33.3 Å². The lowest BCUT2D eigenvalue weighted by atomic mass is 9.99. The number of esters is 1. The Balaban J connectivity index is 2.17. The van der Waals surface area contributed by atoms with Crippen molar-refractivity contribution in [3.63, 3.8) is 0 Å². The highest BCUT2D eigenvalue weighted by atomic mass is 16.7. The van der Waals surface area contributed by atoms with Gasteiger partial charge in [0.05, 0.1) is 24.8 Å². The first-order valence-electron chi connectivity index (χ1n) is 26.6. The topological polar surface area (TPSA) is 218 Å². The number of aliphatic hydroxyl groups excluding tert-OH is 3. The van der Waals surface area contributed by atoms with Crippen molar-refractivity contribution in [1.29, 1.82) is 0 Å². The van der Waals surface area contributed by atoms with Crippen LogP contribution in [0.15, 0.2) is 42.5 Å². The Labute approximate surface area is 408 Å². The number of hydrogen-bond acceptors (Lipinski definition) is 11. The molecule has 0 bridgehead atoms. The van der Waals surface area contributed by atoms with Crippen LogP contribution in [0.2, 0.25) is 0 Å². The van der Waals surface area contributed by atoms with E-state index in [0.29, 0.717) is 12.0 Å². The van der Waals surface area contributed by atoms with E-state index in [0.717, 1.165) is 44.9 Å². The number of carbonyl (C=O) groups excluding carboxylic acids is 2. The normalized spacial score (nSPS) is 19.3. The fourth-order valence-electron chi connectivity index (χ4n) is 8.57. The van der Waals surface area contributed by atoms with Gasteiger partial charge in [-0.3, -0.25) is 14.4 Å². The van der Waals surface area contributed by atoms with Crippen molar-refractivity contribution in [2.75, 3.05) is 19.8 Å². The molecule has 6 N–H and O–H groups in total. The fraction of sp³-hybridized carbons (Fsp3) is 0.778. The molecule has 0 saturated carbocycles. The average Bonchev–Trinajstić information content (AvgIpc) is 3.33. The standard InChI is InChI=1S/C54H91NO13/c1-3-5-7-9-11-13-15-17-19-21-23-25-30-37-45(67-53(64)42-34-28-27-29-35-42)44(55-47(57)38-31-26-24-22-20-18-16-14-12-10-8-6-4-2)41-66-54-50(49(59)48(58)46(40-56)68-54)65-39-33-32-36-43(51(60)61)52(62)63/h27-30,34-35,37,43-46,48-50,54,56,58-59H,3-26,31-33,36,38-41H2,1-2H3,(H,55,57)(H,60,61)(H,62,63)/b37-30+/t44-,45+,46+,48-,49-,50+,54-/m0/s1. The van der Waals surface area contributed by atoms with Gasteiger partial charge < -0.3 is 49.8 Å². The SMILES string of the molecule is CCCCCCCCCCCCC/C=C/[C@@H](OC(=O)c1ccccc1)[C@H](CO[C@H]1O[C@H](CO)[C@H](O)[C@H](O)[C@H]1OCCCCC(C(=O)O)C(=O)O)NC(=O)CCCCCCCCCCCCCCC. The molecule has 14 heteroatoms. The quantitative estimate of drug-likeness (QED) is 0.0156. The molecule has 0 aliphatic carbocycles. The molecule has 1 aliphatic rings. The Bertz CT molecular complexity index is 1460. The molecule has 0 spiro atoms. The van der Waals surface area contributed by atoms with Gasteiger partial charge in [0.1, 0.15) is 30.5 Å². The monoisotopic (exact) mass is 962 g/mol. The zero-order chi connectivity index (χ0) is 49.6. The lowest BCUT2D eigenvalue weighted by Gasteiger charge is -2.42. The van der Waals surface area contributed by atoms with Crippen molar-refractivity contribution in [3.05, 3.63) is 48.0 Å². The largest absolute Gasteiger partial charge is 0.481 e. The summed E-state index contributed by atoms with van der Waals surface area (Å²) in [6.45, 7) is 3.49. The molecule has 1 heterocycles. The second-order valence-corrected chi connectivity index (χ2v) is 18.8. The van der Waals surface area contributed by atoms with Crippen molar-refractivity contribution in [2.45, 2.75) is 243 Å². The summed E-state index contributed by atoms with van der Waals surface area (Å²) >= 11 is 0. The Morgan fingerprint density at radius 2 is 1.18 bits per heavy atom. The number of nitrogens with one attached hydrogen (secondary N) is 1. The molecule has 1 aromatic rings. The summed E-state index contributed by atoms with van der Waals surface area (Å²) in [5, 5.41) is 53.5. The summed E-state index contributed by atoms with van der Waals surface area (Å²) in [5.74, 6) is -5.29. The highest BCUT2D eigenvalue weighted by Gasteiger charge is 2.46. The number of rotatable bonds is 43. The number of aliphatic carboxylic acids is 2. The molecule has 0 aromatic heterocycles. The van der Waals surface area contributed by atoms with E-state index in [1.807, 2.05) is 6.08 Å². The van der Waals surface area contributed by atoms with Crippen LogP contribution in [-0.4, -0.2) is 112 Å². The van der Waals surface area contributed by atoms with E-state index < -0.39 is 73.3 Å². The maximum atomic E-state index is 13.7. The molecule has 1 saturated heterocycles. The number of benzene rings is 1. The lowest BCUT2D eigenvalue weighted by molar-refractivity contribution is -0.311. The first-order valence-corrected chi connectivity index (χ1v) is 26.6. The number of allylic oxidation sites excluding steroid dienone is 1. The molecule has 1 fully saturated rings. The minimum absolute atomic E-state index is 0.0637. The zero-order valence-electron chi connectivity index (χ0n) is 41.8. The highest BCUT2D eigenvalue weighted by Crippen LogP contribution is 2.26. The van der Waals surface area contributed by atoms with E-state index in [4.69, 9.17) is 18.9 Å². The van der Waals surface area contributed by atoms with Crippen molar-refractivity contribution in [1.82, 2.24) is 5.32 Å². The molecule has 7 atom stereocenters. The van der Waals surface area contributed by atoms with Gasteiger partial charge in [0, 0.05) is 13.0 Å². The second kappa shape index (κ2) is 39.3. The van der Waals surface area contributed by atoms with Gasteiger partial charge in [-0.1, -0.05) is 179 Å². The smallest absolute Gasteiger partial charge is 0.338 e. The van der Waals surface area contributed by atoms with Crippen LogP contribution >= 0.6 is 0 Å². The third-order valence-corrected chi connectivity index (χ3v) is 12.9. The summed E-state index contributed by atoms with van der Waals surface area (Å²) in [6.07, 6.45) is 25.7. The fourth-order valence-corrected chi connectivity index (χ4v) is 8.57.